The molecule has 1 aromatic heterocycles. The molecule has 1 saturated heterocycles. The molecule has 2 unspecified atom stereocenters. The molecule has 9 heteroatoms. The molecule has 0 spiro atoms. The van der Waals surface area contributed by atoms with Crippen LogP contribution in [0.3, 0.4) is 0 Å². The number of imidazole rings is 1. The molecule has 3 rings (SSSR count). The van der Waals surface area contributed by atoms with E-state index in [2.05, 4.69) is 10.3 Å². The van der Waals surface area contributed by atoms with Gasteiger partial charge in [0.2, 0.25) is 0 Å². The summed E-state index contributed by atoms with van der Waals surface area (Å²) in [6, 6.07) is 4.49. The number of carbonyl (C=O) groups excluding carboxylic acids is 2. The van der Waals surface area contributed by atoms with E-state index in [-0.39, 0.29) is 11.9 Å². The molecule has 1 aromatic carbocycles. The van der Waals surface area contributed by atoms with E-state index in [4.69, 9.17) is 9.47 Å². The molecular weight excluding hydrogens is 379 g/mol. The minimum atomic E-state index is -0.836. The highest BCUT2D eigenvalue weighted by atomic mass is 19.1. The number of methoxy groups -OCH3 is 2. The van der Waals surface area contributed by atoms with Crippen molar-refractivity contribution in [3.8, 4) is 0 Å². The number of carbonyl (C=O) groups is 2. The highest BCUT2D eigenvalue weighted by Crippen LogP contribution is 2.29. The smallest absolute Gasteiger partial charge is 0.329 e. The Labute approximate surface area is 168 Å². The van der Waals surface area contributed by atoms with Gasteiger partial charge in [0.15, 0.2) is 6.04 Å². The highest BCUT2D eigenvalue weighted by Gasteiger charge is 2.41. The Kier molecular flexibility index (Phi) is 6.60. The fourth-order valence-electron chi connectivity index (χ4n) is 3.67. The van der Waals surface area contributed by atoms with Crippen LogP contribution in [0.1, 0.15) is 30.3 Å². The molecular formula is C20H25FN4O4. The average Bonchev–Trinajstić information content (AvgIpc) is 3.23. The monoisotopic (exact) mass is 404 g/mol. The summed E-state index contributed by atoms with van der Waals surface area (Å²) in [6.45, 7) is 3.36. The van der Waals surface area contributed by atoms with Crippen LogP contribution in [0.4, 0.5) is 4.39 Å². The maximum atomic E-state index is 13.3. The summed E-state index contributed by atoms with van der Waals surface area (Å²) in [6.07, 6.45) is 3.21. The molecule has 0 radical (unpaired) electrons. The predicted molar refractivity (Wildman–Crippen MR) is 103 cm³/mol. The van der Waals surface area contributed by atoms with Crippen molar-refractivity contribution in [2.45, 2.75) is 25.0 Å². The molecule has 1 fully saturated rings. The van der Waals surface area contributed by atoms with Crippen molar-refractivity contribution in [1.29, 1.82) is 0 Å². The number of benzene rings is 1. The fraction of sp³-hybridized carbons (Fsp3) is 0.450. The van der Waals surface area contributed by atoms with Gasteiger partial charge in [-0.2, -0.15) is 0 Å². The van der Waals surface area contributed by atoms with E-state index in [0.717, 1.165) is 5.56 Å². The van der Waals surface area contributed by atoms with E-state index in [0.29, 0.717) is 25.3 Å². The zero-order chi connectivity index (χ0) is 21.0. The van der Waals surface area contributed by atoms with Crippen LogP contribution in [-0.4, -0.2) is 66.3 Å². The first-order valence-electron chi connectivity index (χ1n) is 9.37. The summed E-state index contributed by atoms with van der Waals surface area (Å²) in [7, 11) is 2.64. The van der Waals surface area contributed by atoms with Crippen molar-refractivity contribution >= 4 is 11.9 Å². The molecule has 3 atom stereocenters. The lowest BCUT2D eigenvalue weighted by Crippen LogP contribution is -2.57. The minimum Gasteiger partial charge on any atom is -0.468 e. The van der Waals surface area contributed by atoms with Crippen LogP contribution >= 0.6 is 0 Å². The SMILES string of the molecule is COC(=O)C1CNCCN1C(C(=O)OC)c1cncn1[C@H](C)c1ccc(F)cc1. The van der Waals surface area contributed by atoms with Crippen LogP contribution in [0.15, 0.2) is 36.8 Å². The number of hydrogen-bond donors (Lipinski definition) is 1. The van der Waals surface area contributed by atoms with Crippen LogP contribution in [-0.2, 0) is 19.1 Å². The molecule has 0 aliphatic carbocycles. The fourth-order valence-corrected chi connectivity index (χ4v) is 3.67. The number of nitrogens with one attached hydrogen (secondary N) is 1. The summed E-state index contributed by atoms with van der Waals surface area (Å²) in [5.74, 6) is -1.24. The van der Waals surface area contributed by atoms with Gasteiger partial charge in [-0.1, -0.05) is 12.1 Å². The van der Waals surface area contributed by atoms with Crippen molar-refractivity contribution in [2.75, 3.05) is 33.9 Å². The van der Waals surface area contributed by atoms with E-state index >= 15 is 0 Å². The van der Waals surface area contributed by atoms with Gasteiger partial charge in [-0.15, -0.1) is 0 Å². The zero-order valence-electron chi connectivity index (χ0n) is 16.7. The standard InChI is InChI=1S/C20H25FN4O4/c1-13(14-4-6-15(21)7-5-14)25-12-23-10-16(25)18(20(27)29-3)24-9-8-22-11-17(24)19(26)28-2/h4-7,10,12-13,17-18,22H,8-9,11H2,1-3H3/t13-,17?,18?/m1/s1. The Bertz CT molecular complexity index is 854. The topological polar surface area (TPSA) is 85.7 Å². The van der Waals surface area contributed by atoms with Crippen molar-refractivity contribution in [3.05, 3.63) is 53.9 Å². The Morgan fingerprint density at radius 2 is 1.97 bits per heavy atom. The molecule has 8 nitrogen and oxygen atoms in total. The number of aromatic nitrogens is 2. The van der Waals surface area contributed by atoms with Gasteiger partial charge in [0.1, 0.15) is 11.9 Å². The molecule has 2 heterocycles. The number of piperazine rings is 1. The maximum Gasteiger partial charge on any atom is 0.329 e. The van der Waals surface area contributed by atoms with Gasteiger partial charge >= 0.3 is 11.9 Å². The summed E-state index contributed by atoms with van der Waals surface area (Å²) in [5, 5.41) is 3.15. The van der Waals surface area contributed by atoms with Crippen LogP contribution in [0.5, 0.6) is 0 Å². The van der Waals surface area contributed by atoms with E-state index in [1.54, 1.807) is 29.6 Å². The Morgan fingerprint density at radius 1 is 1.24 bits per heavy atom. The molecule has 156 valence electrons. The van der Waals surface area contributed by atoms with Gasteiger partial charge in [-0.25, -0.2) is 14.2 Å². The molecule has 0 bridgehead atoms. The van der Waals surface area contributed by atoms with Gasteiger partial charge in [0.05, 0.1) is 38.5 Å². The quantitative estimate of drug-likeness (QED) is 0.726. The number of halogens is 1. The largest absolute Gasteiger partial charge is 0.468 e. The van der Waals surface area contributed by atoms with Gasteiger partial charge in [-0.05, 0) is 24.6 Å². The molecule has 0 saturated carbocycles. The summed E-state index contributed by atoms with van der Waals surface area (Å²) >= 11 is 0. The van der Waals surface area contributed by atoms with Crippen molar-refractivity contribution in [2.24, 2.45) is 0 Å². The van der Waals surface area contributed by atoms with Crippen molar-refractivity contribution in [1.82, 2.24) is 19.8 Å². The first-order valence-corrected chi connectivity index (χ1v) is 9.37. The van der Waals surface area contributed by atoms with Crippen LogP contribution < -0.4 is 5.32 Å². The molecule has 1 aliphatic rings. The number of hydrogen-bond acceptors (Lipinski definition) is 7. The number of ether oxygens (including phenoxy) is 2. The summed E-state index contributed by atoms with van der Waals surface area (Å²) in [5.41, 5.74) is 1.45. The second-order valence-corrected chi connectivity index (χ2v) is 6.86. The molecule has 1 aliphatic heterocycles. The number of nitrogens with zero attached hydrogens (tertiary/aromatic N) is 3. The number of esters is 2. The molecule has 29 heavy (non-hydrogen) atoms. The molecule has 0 amide bonds. The third-order valence-corrected chi connectivity index (χ3v) is 5.26. The van der Waals surface area contributed by atoms with Crippen LogP contribution in [0.25, 0.3) is 0 Å². The third-order valence-electron chi connectivity index (χ3n) is 5.26. The highest BCUT2D eigenvalue weighted by molar-refractivity contribution is 5.80. The Morgan fingerprint density at radius 3 is 2.62 bits per heavy atom. The van der Waals surface area contributed by atoms with Crippen LogP contribution in [0.2, 0.25) is 0 Å². The maximum absolute atomic E-state index is 13.3. The second-order valence-electron chi connectivity index (χ2n) is 6.86. The minimum absolute atomic E-state index is 0.209. The van der Waals surface area contributed by atoms with E-state index in [9.17, 15) is 14.0 Å². The Hall–Kier alpha value is -2.78. The Balaban J connectivity index is 2.00. The van der Waals surface area contributed by atoms with Crippen LogP contribution in [0, 0.1) is 5.82 Å². The first-order chi connectivity index (χ1) is 14.0. The van der Waals surface area contributed by atoms with Gasteiger partial charge < -0.3 is 19.4 Å². The first kappa shape index (κ1) is 20.9. The third kappa shape index (κ3) is 4.30. The summed E-state index contributed by atoms with van der Waals surface area (Å²) in [4.78, 5) is 31.1. The van der Waals surface area contributed by atoms with Gasteiger partial charge in [0, 0.05) is 19.6 Å². The zero-order valence-corrected chi connectivity index (χ0v) is 16.7. The summed E-state index contributed by atoms with van der Waals surface area (Å²) < 4.78 is 25.1. The van der Waals surface area contributed by atoms with E-state index in [1.165, 1.54) is 26.4 Å². The van der Waals surface area contributed by atoms with E-state index < -0.39 is 24.0 Å². The van der Waals surface area contributed by atoms with Crippen molar-refractivity contribution in [3.63, 3.8) is 0 Å². The normalized spacial score (nSPS) is 19.4. The average molecular weight is 404 g/mol. The lowest BCUT2D eigenvalue weighted by atomic mass is 10.0. The lowest BCUT2D eigenvalue weighted by Gasteiger charge is -2.38. The van der Waals surface area contributed by atoms with Crippen molar-refractivity contribution < 1.29 is 23.5 Å². The van der Waals surface area contributed by atoms with E-state index in [1.807, 2.05) is 11.5 Å². The predicted octanol–water partition coefficient (Wildman–Crippen LogP) is 1.29. The molecule has 2 aromatic rings. The molecule has 1 N–H and O–H groups in total. The lowest BCUT2D eigenvalue weighted by molar-refractivity contribution is -0.156. The number of rotatable bonds is 6. The van der Waals surface area contributed by atoms with Gasteiger partial charge in [0.25, 0.3) is 0 Å². The second kappa shape index (κ2) is 9.15. The van der Waals surface area contributed by atoms with Gasteiger partial charge in [-0.3, -0.25) is 9.69 Å².